The molecule has 0 atom stereocenters. The van der Waals surface area contributed by atoms with Crippen molar-refractivity contribution in [2.45, 2.75) is 12.8 Å². The first-order valence-corrected chi connectivity index (χ1v) is 6.81. The van der Waals surface area contributed by atoms with Gasteiger partial charge in [0.05, 0.1) is 0 Å². The highest BCUT2D eigenvalue weighted by molar-refractivity contribution is 5.46. The van der Waals surface area contributed by atoms with Crippen LogP contribution in [0.2, 0.25) is 0 Å². The maximum absolute atomic E-state index is 5.95. The first-order chi connectivity index (χ1) is 9.25. The molecule has 2 heteroatoms. The van der Waals surface area contributed by atoms with E-state index in [1.165, 1.54) is 11.1 Å². The molecule has 0 heterocycles. The summed E-state index contributed by atoms with van der Waals surface area (Å²) >= 11 is 0. The summed E-state index contributed by atoms with van der Waals surface area (Å²) in [5, 5.41) is 0. The molecule has 0 amide bonds. The van der Waals surface area contributed by atoms with Crippen LogP contribution < -0.4 is 5.73 Å². The average molecular weight is 254 g/mol. The van der Waals surface area contributed by atoms with Crippen LogP contribution in [0.1, 0.15) is 11.1 Å². The van der Waals surface area contributed by atoms with Crippen LogP contribution in [-0.4, -0.2) is 25.0 Å². The van der Waals surface area contributed by atoms with Crippen LogP contribution in [0.25, 0.3) is 0 Å². The maximum Gasteiger partial charge on any atom is 0.0347 e. The Morgan fingerprint density at radius 2 is 1.47 bits per heavy atom. The van der Waals surface area contributed by atoms with Gasteiger partial charge in [0.2, 0.25) is 0 Å². The molecule has 100 valence electrons. The molecule has 0 fully saturated rings. The molecule has 0 radical (unpaired) electrons. The Morgan fingerprint density at radius 1 is 0.842 bits per heavy atom. The second kappa shape index (κ2) is 6.95. The smallest absolute Gasteiger partial charge is 0.0347 e. The number of nitrogens with two attached hydrogens (primary N) is 1. The van der Waals surface area contributed by atoms with E-state index in [2.05, 4.69) is 54.4 Å². The van der Waals surface area contributed by atoms with E-state index in [1.54, 1.807) is 0 Å². The molecule has 2 rings (SSSR count). The summed E-state index contributed by atoms with van der Waals surface area (Å²) in [7, 11) is 2.17. The molecule has 0 saturated heterocycles. The quantitative estimate of drug-likeness (QED) is 0.803. The second-order valence-electron chi connectivity index (χ2n) is 4.99. The van der Waals surface area contributed by atoms with Gasteiger partial charge in [-0.15, -0.1) is 0 Å². The molecule has 0 aliphatic rings. The molecule has 0 aliphatic carbocycles. The zero-order chi connectivity index (χ0) is 13.5. The lowest BCUT2D eigenvalue weighted by molar-refractivity contribution is 0.343. The third kappa shape index (κ3) is 4.42. The van der Waals surface area contributed by atoms with E-state index < -0.39 is 0 Å². The molecule has 0 unspecified atom stereocenters. The van der Waals surface area contributed by atoms with E-state index in [-0.39, 0.29) is 0 Å². The summed E-state index contributed by atoms with van der Waals surface area (Å²) in [5.41, 5.74) is 9.50. The number of benzene rings is 2. The van der Waals surface area contributed by atoms with Crippen LogP contribution in [0.5, 0.6) is 0 Å². The fourth-order valence-electron chi connectivity index (χ4n) is 2.15. The van der Waals surface area contributed by atoms with Crippen molar-refractivity contribution in [3.05, 3.63) is 65.7 Å². The Labute approximate surface area is 115 Å². The normalized spacial score (nSPS) is 10.8. The lowest BCUT2D eigenvalue weighted by Crippen LogP contribution is -2.24. The van der Waals surface area contributed by atoms with Gasteiger partial charge >= 0.3 is 0 Å². The summed E-state index contributed by atoms with van der Waals surface area (Å²) in [5.74, 6) is 0. The molecular formula is C17H22N2. The van der Waals surface area contributed by atoms with Gasteiger partial charge in [-0.05, 0) is 37.1 Å². The number of rotatable bonds is 6. The SMILES string of the molecule is CN(CCc1ccccc1)CCc1ccccc1N. The standard InChI is InChI=1S/C17H22N2/c1-19(13-11-15-7-3-2-4-8-15)14-12-16-9-5-6-10-17(16)18/h2-10H,11-14,18H2,1H3. The van der Waals surface area contributed by atoms with Crippen molar-refractivity contribution in [1.82, 2.24) is 4.90 Å². The van der Waals surface area contributed by atoms with Crippen molar-refractivity contribution in [1.29, 1.82) is 0 Å². The van der Waals surface area contributed by atoms with Crippen LogP contribution in [0.15, 0.2) is 54.6 Å². The number of hydrogen-bond donors (Lipinski definition) is 1. The van der Waals surface area contributed by atoms with Crippen LogP contribution in [0, 0.1) is 0 Å². The Morgan fingerprint density at radius 3 is 2.21 bits per heavy atom. The van der Waals surface area contributed by atoms with Crippen molar-refractivity contribution in [3.8, 4) is 0 Å². The highest BCUT2D eigenvalue weighted by atomic mass is 15.1. The van der Waals surface area contributed by atoms with E-state index >= 15 is 0 Å². The number of hydrogen-bond acceptors (Lipinski definition) is 2. The van der Waals surface area contributed by atoms with Gasteiger partial charge in [0.15, 0.2) is 0 Å². The predicted octanol–water partition coefficient (Wildman–Crippen LogP) is 2.99. The average Bonchev–Trinajstić information content (AvgIpc) is 2.45. The van der Waals surface area contributed by atoms with Crippen LogP contribution in [0.3, 0.4) is 0 Å². The highest BCUT2D eigenvalue weighted by Crippen LogP contribution is 2.11. The third-order valence-corrected chi connectivity index (χ3v) is 3.44. The second-order valence-corrected chi connectivity index (χ2v) is 4.99. The van der Waals surface area contributed by atoms with E-state index in [0.29, 0.717) is 0 Å². The van der Waals surface area contributed by atoms with Gasteiger partial charge in [-0.25, -0.2) is 0 Å². The highest BCUT2D eigenvalue weighted by Gasteiger charge is 2.02. The van der Waals surface area contributed by atoms with Gasteiger partial charge in [-0.2, -0.15) is 0 Å². The van der Waals surface area contributed by atoms with Crippen LogP contribution in [0.4, 0.5) is 5.69 Å². The number of nitrogen functional groups attached to an aromatic ring is 1. The molecule has 2 aromatic carbocycles. The van der Waals surface area contributed by atoms with Crippen molar-refractivity contribution < 1.29 is 0 Å². The van der Waals surface area contributed by atoms with Gasteiger partial charge in [-0.1, -0.05) is 48.5 Å². The van der Waals surface area contributed by atoms with Crippen molar-refractivity contribution >= 4 is 5.69 Å². The van der Waals surface area contributed by atoms with E-state index in [0.717, 1.165) is 31.6 Å². The number of anilines is 1. The van der Waals surface area contributed by atoms with E-state index in [1.807, 2.05) is 12.1 Å². The number of nitrogens with zero attached hydrogens (tertiary/aromatic N) is 1. The fraction of sp³-hybridized carbons (Fsp3) is 0.294. The number of likely N-dealkylation sites (N-methyl/N-ethyl adjacent to an activating group) is 1. The summed E-state index contributed by atoms with van der Waals surface area (Å²) in [6.45, 7) is 2.12. The molecule has 19 heavy (non-hydrogen) atoms. The minimum Gasteiger partial charge on any atom is -0.399 e. The molecule has 2 aromatic rings. The van der Waals surface area contributed by atoms with E-state index in [9.17, 15) is 0 Å². The zero-order valence-electron chi connectivity index (χ0n) is 11.5. The molecule has 0 bridgehead atoms. The largest absolute Gasteiger partial charge is 0.399 e. The van der Waals surface area contributed by atoms with Crippen LogP contribution in [-0.2, 0) is 12.8 Å². The summed E-state index contributed by atoms with van der Waals surface area (Å²) in [6.07, 6.45) is 2.11. The lowest BCUT2D eigenvalue weighted by Gasteiger charge is -2.17. The van der Waals surface area contributed by atoms with Crippen molar-refractivity contribution in [3.63, 3.8) is 0 Å². The first kappa shape index (κ1) is 13.6. The van der Waals surface area contributed by atoms with Gasteiger partial charge in [0.25, 0.3) is 0 Å². The summed E-state index contributed by atoms with van der Waals surface area (Å²) < 4.78 is 0. The van der Waals surface area contributed by atoms with E-state index in [4.69, 9.17) is 5.73 Å². The molecule has 2 nitrogen and oxygen atoms in total. The number of para-hydroxylation sites is 1. The Balaban J connectivity index is 1.76. The third-order valence-electron chi connectivity index (χ3n) is 3.44. The zero-order valence-corrected chi connectivity index (χ0v) is 11.5. The summed E-state index contributed by atoms with van der Waals surface area (Å²) in [4.78, 5) is 2.36. The minimum atomic E-state index is 0.902. The Kier molecular flexibility index (Phi) is 4.99. The maximum atomic E-state index is 5.95. The minimum absolute atomic E-state index is 0.902. The summed E-state index contributed by atoms with van der Waals surface area (Å²) in [6, 6.07) is 18.7. The van der Waals surface area contributed by atoms with Crippen molar-refractivity contribution in [2.24, 2.45) is 0 Å². The van der Waals surface area contributed by atoms with Gasteiger partial charge in [0, 0.05) is 18.8 Å². The topological polar surface area (TPSA) is 29.3 Å². The molecule has 0 saturated carbocycles. The molecule has 0 spiro atoms. The fourth-order valence-corrected chi connectivity index (χ4v) is 2.15. The van der Waals surface area contributed by atoms with Gasteiger partial charge < -0.3 is 10.6 Å². The lowest BCUT2D eigenvalue weighted by atomic mass is 10.1. The monoisotopic (exact) mass is 254 g/mol. The Bertz CT molecular complexity index is 494. The molecule has 0 aromatic heterocycles. The molecular weight excluding hydrogens is 232 g/mol. The van der Waals surface area contributed by atoms with Crippen molar-refractivity contribution in [2.75, 3.05) is 25.9 Å². The molecule has 2 N–H and O–H groups in total. The first-order valence-electron chi connectivity index (χ1n) is 6.81. The predicted molar refractivity (Wildman–Crippen MR) is 82.2 cm³/mol. The van der Waals surface area contributed by atoms with Crippen LogP contribution >= 0.6 is 0 Å². The Hall–Kier alpha value is -1.80. The van der Waals surface area contributed by atoms with Gasteiger partial charge in [-0.3, -0.25) is 0 Å². The van der Waals surface area contributed by atoms with Gasteiger partial charge in [0.1, 0.15) is 0 Å². The molecule has 0 aliphatic heterocycles.